The Hall–Kier alpha value is -5.67. The SMILES string of the molecule is COc1ccccc1NC(=O)c1cnc(Nc2ccc(C#N)cc2)nc1Nc1c(C)cc(/C=C/C#N)cc1C. The second kappa shape index (κ2) is 12.0. The number of hydrogen-bond donors (Lipinski definition) is 3. The molecule has 0 aliphatic rings. The molecule has 1 aromatic heterocycles. The first-order chi connectivity index (χ1) is 18.9. The summed E-state index contributed by atoms with van der Waals surface area (Å²) in [6.45, 7) is 3.87. The third-order valence-electron chi connectivity index (χ3n) is 5.81. The minimum atomic E-state index is -0.421. The van der Waals surface area contributed by atoms with Gasteiger partial charge in [-0.25, -0.2) is 4.98 Å². The van der Waals surface area contributed by atoms with Crippen molar-refractivity contribution < 1.29 is 9.53 Å². The van der Waals surface area contributed by atoms with Crippen LogP contribution < -0.4 is 20.7 Å². The van der Waals surface area contributed by atoms with Crippen LogP contribution in [0.4, 0.5) is 28.8 Å². The molecule has 0 atom stereocenters. The number of methoxy groups -OCH3 is 1. The summed E-state index contributed by atoms with van der Waals surface area (Å²) in [7, 11) is 1.53. The lowest BCUT2D eigenvalue weighted by Crippen LogP contribution is -2.17. The van der Waals surface area contributed by atoms with Gasteiger partial charge in [-0.15, -0.1) is 0 Å². The molecule has 192 valence electrons. The molecule has 1 amide bonds. The fourth-order valence-electron chi connectivity index (χ4n) is 3.94. The number of nitrogens with one attached hydrogen (secondary N) is 3. The molecule has 0 bridgehead atoms. The Labute approximate surface area is 226 Å². The summed E-state index contributed by atoms with van der Waals surface area (Å²) in [5.41, 5.74) is 5.43. The molecule has 0 unspecified atom stereocenters. The third-order valence-corrected chi connectivity index (χ3v) is 5.81. The topological polar surface area (TPSA) is 136 Å². The fraction of sp³-hybridized carbons (Fsp3) is 0.100. The second-order valence-electron chi connectivity index (χ2n) is 8.54. The Balaban J connectivity index is 1.72. The van der Waals surface area contributed by atoms with Gasteiger partial charge in [-0.05, 0) is 85.1 Å². The molecule has 0 spiro atoms. The zero-order chi connectivity index (χ0) is 27.8. The highest BCUT2D eigenvalue weighted by Gasteiger charge is 2.18. The van der Waals surface area contributed by atoms with E-state index in [1.807, 2.05) is 38.1 Å². The van der Waals surface area contributed by atoms with Crippen LogP contribution in [0, 0.1) is 36.5 Å². The Bertz CT molecular complexity index is 1610. The van der Waals surface area contributed by atoms with E-state index in [4.69, 9.17) is 15.3 Å². The summed E-state index contributed by atoms with van der Waals surface area (Å²) in [5, 5.41) is 27.2. The summed E-state index contributed by atoms with van der Waals surface area (Å²) >= 11 is 0. The molecule has 9 nitrogen and oxygen atoms in total. The van der Waals surface area contributed by atoms with E-state index in [9.17, 15) is 4.79 Å². The molecule has 1 heterocycles. The number of ether oxygens (including phenoxy) is 1. The van der Waals surface area contributed by atoms with Crippen LogP contribution in [0.25, 0.3) is 6.08 Å². The molecule has 9 heteroatoms. The molecule has 0 saturated carbocycles. The molecule has 39 heavy (non-hydrogen) atoms. The number of amides is 1. The molecule has 0 radical (unpaired) electrons. The second-order valence-corrected chi connectivity index (χ2v) is 8.54. The number of allylic oxidation sites excluding steroid dienone is 1. The van der Waals surface area contributed by atoms with Gasteiger partial charge in [0.1, 0.15) is 17.1 Å². The number of rotatable bonds is 8. The van der Waals surface area contributed by atoms with Crippen molar-refractivity contribution in [1.82, 2.24) is 9.97 Å². The number of benzene rings is 3. The number of carbonyl (C=O) groups is 1. The molecule has 3 N–H and O–H groups in total. The van der Waals surface area contributed by atoms with Crippen LogP contribution >= 0.6 is 0 Å². The van der Waals surface area contributed by atoms with Gasteiger partial charge in [0.05, 0.1) is 30.5 Å². The number of nitrogens with zero attached hydrogens (tertiary/aromatic N) is 4. The minimum Gasteiger partial charge on any atom is -0.495 e. The Morgan fingerprint density at radius 2 is 1.72 bits per heavy atom. The van der Waals surface area contributed by atoms with Crippen molar-refractivity contribution in [2.45, 2.75) is 13.8 Å². The number of aromatic nitrogens is 2. The van der Waals surface area contributed by atoms with Crippen LogP contribution in [0.5, 0.6) is 5.75 Å². The molecule has 0 saturated heterocycles. The van der Waals surface area contributed by atoms with Gasteiger partial charge in [0.2, 0.25) is 5.95 Å². The van der Waals surface area contributed by atoms with Gasteiger partial charge in [-0.3, -0.25) is 4.79 Å². The first kappa shape index (κ1) is 26.4. The predicted molar refractivity (Wildman–Crippen MR) is 151 cm³/mol. The van der Waals surface area contributed by atoms with E-state index < -0.39 is 5.91 Å². The van der Waals surface area contributed by atoms with Crippen LogP contribution in [-0.2, 0) is 0 Å². The monoisotopic (exact) mass is 515 g/mol. The van der Waals surface area contributed by atoms with Gasteiger partial charge in [0.25, 0.3) is 5.91 Å². The highest BCUT2D eigenvalue weighted by molar-refractivity contribution is 6.08. The van der Waals surface area contributed by atoms with Gasteiger partial charge in [-0.2, -0.15) is 15.5 Å². The van der Waals surface area contributed by atoms with E-state index in [2.05, 4.69) is 32.0 Å². The van der Waals surface area contributed by atoms with Crippen LogP contribution in [-0.4, -0.2) is 23.0 Å². The smallest absolute Gasteiger partial charge is 0.261 e. The number of para-hydroxylation sites is 2. The Morgan fingerprint density at radius 3 is 2.38 bits per heavy atom. The quantitative estimate of drug-likeness (QED) is 0.234. The largest absolute Gasteiger partial charge is 0.495 e. The van der Waals surface area contributed by atoms with E-state index in [0.717, 1.165) is 22.4 Å². The molecular weight excluding hydrogens is 490 g/mol. The first-order valence-electron chi connectivity index (χ1n) is 11.9. The number of hydrogen-bond acceptors (Lipinski definition) is 8. The fourth-order valence-corrected chi connectivity index (χ4v) is 3.94. The molecule has 0 aliphatic heterocycles. The van der Waals surface area contributed by atoms with Crippen LogP contribution in [0.1, 0.15) is 32.6 Å². The highest BCUT2D eigenvalue weighted by Crippen LogP contribution is 2.30. The van der Waals surface area contributed by atoms with Crippen LogP contribution in [0.15, 0.2) is 72.9 Å². The van der Waals surface area contributed by atoms with Crippen LogP contribution in [0.3, 0.4) is 0 Å². The van der Waals surface area contributed by atoms with Crippen molar-refractivity contribution in [3.8, 4) is 17.9 Å². The maximum absolute atomic E-state index is 13.4. The average molecular weight is 516 g/mol. The van der Waals surface area contributed by atoms with E-state index in [1.54, 1.807) is 48.5 Å². The van der Waals surface area contributed by atoms with E-state index in [1.165, 1.54) is 19.4 Å². The lowest BCUT2D eigenvalue weighted by atomic mass is 10.0. The highest BCUT2D eigenvalue weighted by atomic mass is 16.5. The van der Waals surface area contributed by atoms with Crippen molar-refractivity contribution in [1.29, 1.82) is 10.5 Å². The number of nitriles is 2. The Kier molecular flexibility index (Phi) is 8.15. The first-order valence-corrected chi connectivity index (χ1v) is 11.9. The van der Waals surface area contributed by atoms with Crippen LogP contribution in [0.2, 0.25) is 0 Å². The van der Waals surface area contributed by atoms with E-state index in [0.29, 0.717) is 28.5 Å². The van der Waals surface area contributed by atoms with Crippen molar-refractivity contribution in [2.75, 3.05) is 23.1 Å². The maximum Gasteiger partial charge on any atom is 0.261 e. The predicted octanol–water partition coefficient (Wildman–Crippen LogP) is 6.25. The summed E-state index contributed by atoms with van der Waals surface area (Å²) in [6.07, 6.45) is 4.61. The maximum atomic E-state index is 13.4. The standard InChI is InChI=1S/C30H25N7O2/c1-19-15-22(7-6-14-31)16-20(2)27(19)36-28-24(29(38)35-25-8-4-5-9-26(25)39-3)18-33-30(37-28)34-23-12-10-21(17-32)11-13-23/h4-13,15-16,18H,1-3H3,(H,35,38)(H2,33,34,36,37)/b7-6+. The van der Waals surface area contributed by atoms with E-state index >= 15 is 0 Å². The number of anilines is 5. The lowest BCUT2D eigenvalue weighted by Gasteiger charge is -2.17. The summed E-state index contributed by atoms with van der Waals surface area (Å²) in [5.74, 6) is 0.656. The number of aryl methyl sites for hydroxylation is 2. The molecule has 4 aromatic rings. The molecule has 0 aliphatic carbocycles. The zero-order valence-electron chi connectivity index (χ0n) is 21.6. The summed E-state index contributed by atoms with van der Waals surface area (Å²) < 4.78 is 5.36. The molecule has 4 rings (SSSR count). The minimum absolute atomic E-state index is 0.221. The van der Waals surface area contributed by atoms with E-state index in [-0.39, 0.29) is 11.5 Å². The lowest BCUT2D eigenvalue weighted by molar-refractivity contribution is 0.102. The zero-order valence-corrected chi connectivity index (χ0v) is 21.6. The van der Waals surface area contributed by atoms with Crippen molar-refractivity contribution >= 4 is 40.8 Å². The van der Waals surface area contributed by atoms with Gasteiger partial charge >= 0.3 is 0 Å². The Morgan fingerprint density at radius 1 is 1.00 bits per heavy atom. The molecular formula is C30H25N7O2. The van der Waals surface area contributed by atoms with Crippen molar-refractivity contribution in [3.63, 3.8) is 0 Å². The van der Waals surface area contributed by atoms with Gasteiger partial charge in [0.15, 0.2) is 0 Å². The average Bonchev–Trinajstić information content (AvgIpc) is 2.94. The number of carbonyl (C=O) groups excluding carboxylic acids is 1. The van der Waals surface area contributed by atoms with Gasteiger partial charge in [-0.1, -0.05) is 12.1 Å². The normalized spacial score (nSPS) is 10.4. The summed E-state index contributed by atoms with van der Waals surface area (Å²) in [4.78, 5) is 22.4. The van der Waals surface area contributed by atoms with Gasteiger partial charge < -0.3 is 20.7 Å². The molecule has 0 fully saturated rings. The van der Waals surface area contributed by atoms with Crippen molar-refractivity contribution in [3.05, 3.63) is 101 Å². The van der Waals surface area contributed by atoms with Gasteiger partial charge in [0, 0.05) is 23.6 Å². The molecule has 3 aromatic carbocycles. The summed E-state index contributed by atoms with van der Waals surface area (Å²) in [6, 6.07) is 21.9. The van der Waals surface area contributed by atoms with Crippen molar-refractivity contribution in [2.24, 2.45) is 0 Å². The third kappa shape index (κ3) is 6.37.